The van der Waals surface area contributed by atoms with E-state index in [1.807, 2.05) is 0 Å². The highest BCUT2D eigenvalue weighted by Gasteiger charge is 2.58. The highest BCUT2D eigenvalue weighted by molar-refractivity contribution is 5.85. The molecule has 1 N–H and O–H groups in total. The van der Waals surface area contributed by atoms with E-state index in [1.165, 1.54) is 44.1 Å². The van der Waals surface area contributed by atoms with Crippen molar-refractivity contribution in [3.8, 4) is 0 Å². The van der Waals surface area contributed by atoms with Gasteiger partial charge in [-0.05, 0) is 66.8 Å². The van der Waals surface area contributed by atoms with Gasteiger partial charge < -0.3 is 10.1 Å². The second-order valence-electron chi connectivity index (χ2n) is 10.1. The molecular formula is C24H35ClN2O2. The van der Waals surface area contributed by atoms with E-state index in [0.29, 0.717) is 5.41 Å². The number of halogens is 1. The van der Waals surface area contributed by atoms with Crippen LogP contribution in [0.2, 0.25) is 0 Å². The van der Waals surface area contributed by atoms with Crippen LogP contribution in [0, 0.1) is 17.3 Å². The summed E-state index contributed by atoms with van der Waals surface area (Å²) >= 11 is 0. The minimum absolute atomic E-state index is 0. The molecular weight excluding hydrogens is 384 g/mol. The molecule has 5 heteroatoms. The van der Waals surface area contributed by atoms with Gasteiger partial charge in [0.05, 0.1) is 13.2 Å². The van der Waals surface area contributed by atoms with Crippen LogP contribution in [0.4, 0.5) is 0 Å². The van der Waals surface area contributed by atoms with Crippen LogP contribution in [0.15, 0.2) is 30.3 Å². The van der Waals surface area contributed by atoms with Crippen molar-refractivity contribution in [2.45, 2.75) is 50.4 Å². The number of hydrogen-bond acceptors (Lipinski definition) is 3. The van der Waals surface area contributed by atoms with Gasteiger partial charge in [0.25, 0.3) is 0 Å². The molecule has 1 aromatic rings. The Morgan fingerprint density at radius 2 is 1.76 bits per heavy atom. The lowest BCUT2D eigenvalue weighted by Gasteiger charge is -2.62. The highest BCUT2D eigenvalue weighted by Crippen LogP contribution is 2.66. The third-order valence-corrected chi connectivity index (χ3v) is 7.96. The molecule has 4 nitrogen and oxygen atoms in total. The molecule has 6 rings (SSSR count). The molecule has 29 heavy (non-hydrogen) atoms. The zero-order valence-electron chi connectivity index (χ0n) is 17.4. The van der Waals surface area contributed by atoms with Gasteiger partial charge in [-0.2, -0.15) is 0 Å². The Kier molecular flexibility index (Phi) is 6.24. The monoisotopic (exact) mass is 418 g/mol. The van der Waals surface area contributed by atoms with Crippen LogP contribution in [-0.4, -0.2) is 50.2 Å². The normalized spacial score (nSPS) is 35.9. The van der Waals surface area contributed by atoms with Crippen molar-refractivity contribution in [1.82, 2.24) is 10.2 Å². The summed E-state index contributed by atoms with van der Waals surface area (Å²) in [5.74, 6) is 1.92. The largest absolute Gasteiger partial charge is 0.379 e. The number of nitrogens with zero attached hydrogens (tertiary/aromatic N) is 1. The van der Waals surface area contributed by atoms with Gasteiger partial charge in [0.2, 0.25) is 5.91 Å². The summed E-state index contributed by atoms with van der Waals surface area (Å²) in [4.78, 5) is 15.2. The third kappa shape index (κ3) is 4.35. The van der Waals surface area contributed by atoms with E-state index >= 15 is 0 Å². The van der Waals surface area contributed by atoms with Crippen molar-refractivity contribution >= 4 is 18.3 Å². The molecule has 0 radical (unpaired) electrons. The highest BCUT2D eigenvalue weighted by atomic mass is 35.5. The minimum atomic E-state index is 0. The standard InChI is InChI=1S/C24H34N2O2.ClH/c27-22(25-6-7-26-8-10-28-11-9-26)17-23-13-19-12-20(14-23)16-24(15-19,18-23)21-4-2-1-3-5-21;/h1-5,19-20H,6-18H2,(H,25,27);1H. The lowest BCUT2D eigenvalue weighted by Crippen LogP contribution is -2.55. The van der Waals surface area contributed by atoms with Crippen molar-refractivity contribution in [1.29, 1.82) is 0 Å². The second-order valence-corrected chi connectivity index (χ2v) is 10.1. The molecule has 4 saturated carbocycles. The lowest BCUT2D eigenvalue weighted by molar-refractivity contribution is -0.131. The topological polar surface area (TPSA) is 41.6 Å². The number of rotatable bonds is 6. The first kappa shape index (κ1) is 21.1. The minimum Gasteiger partial charge on any atom is -0.379 e. The van der Waals surface area contributed by atoms with Gasteiger partial charge in [-0.1, -0.05) is 30.3 Å². The molecule has 1 aliphatic heterocycles. The average molecular weight is 419 g/mol. The van der Waals surface area contributed by atoms with Gasteiger partial charge in [0.15, 0.2) is 0 Å². The van der Waals surface area contributed by atoms with E-state index in [2.05, 4.69) is 40.5 Å². The fraction of sp³-hybridized carbons (Fsp3) is 0.708. The van der Waals surface area contributed by atoms with Crippen LogP contribution in [-0.2, 0) is 14.9 Å². The maximum Gasteiger partial charge on any atom is 0.220 e. The number of morpholine rings is 1. The van der Waals surface area contributed by atoms with Crippen LogP contribution in [0.25, 0.3) is 0 Å². The number of amides is 1. The summed E-state index contributed by atoms with van der Waals surface area (Å²) in [6.07, 6.45) is 8.58. The first-order valence-electron chi connectivity index (χ1n) is 11.3. The Hall–Kier alpha value is -1.10. The number of carbonyl (C=O) groups is 1. The lowest BCUT2D eigenvalue weighted by atomic mass is 9.42. The van der Waals surface area contributed by atoms with E-state index in [1.54, 1.807) is 0 Å². The Bertz CT molecular complexity index is 690. The first-order chi connectivity index (χ1) is 13.6. The Balaban J connectivity index is 0.00000205. The SMILES string of the molecule is Cl.O=C(CC12CC3CC(C1)CC(c1ccccc1)(C3)C2)NCCN1CCOCC1. The zero-order chi connectivity index (χ0) is 19.0. The molecule has 1 aromatic carbocycles. The van der Waals surface area contributed by atoms with Crippen LogP contribution in [0.5, 0.6) is 0 Å². The predicted octanol–water partition coefficient (Wildman–Crippen LogP) is 3.78. The van der Waals surface area contributed by atoms with Crippen LogP contribution >= 0.6 is 12.4 Å². The Morgan fingerprint density at radius 3 is 2.45 bits per heavy atom. The van der Waals surface area contributed by atoms with Crippen LogP contribution in [0.3, 0.4) is 0 Å². The van der Waals surface area contributed by atoms with Gasteiger partial charge >= 0.3 is 0 Å². The molecule has 0 spiro atoms. The predicted molar refractivity (Wildman–Crippen MR) is 117 cm³/mol. The second kappa shape index (κ2) is 8.56. The molecule has 4 bridgehead atoms. The number of carbonyl (C=O) groups excluding carboxylic acids is 1. The van der Waals surface area contributed by atoms with E-state index in [9.17, 15) is 4.79 Å². The number of benzene rings is 1. The first-order valence-corrected chi connectivity index (χ1v) is 11.3. The molecule has 0 aromatic heterocycles. The van der Waals surface area contributed by atoms with Gasteiger partial charge in [-0.15, -0.1) is 12.4 Å². The Morgan fingerprint density at radius 1 is 1.07 bits per heavy atom. The molecule has 1 heterocycles. The fourth-order valence-electron chi connectivity index (χ4n) is 7.37. The fourth-order valence-corrected chi connectivity index (χ4v) is 7.37. The van der Waals surface area contributed by atoms with E-state index < -0.39 is 0 Å². The van der Waals surface area contributed by atoms with Crippen LogP contribution in [0.1, 0.15) is 50.5 Å². The summed E-state index contributed by atoms with van der Waals surface area (Å²) < 4.78 is 5.40. The summed E-state index contributed by atoms with van der Waals surface area (Å²) in [5.41, 5.74) is 2.10. The van der Waals surface area contributed by atoms with Gasteiger partial charge in [0, 0.05) is 32.6 Å². The molecule has 5 aliphatic rings. The number of hydrogen-bond donors (Lipinski definition) is 1. The van der Waals surface area contributed by atoms with Crippen molar-refractivity contribution < 1.29 is 9.53 Å². The van der Waals surface area contributed by atoms with Crippen molar-refractivity contribution in [2.75, 3.05) is 39.4 Å². The number of nitrogens with one attached hydrogen (secondary N) is 1. The van der Waals surface area contributed by atoms with Gasteiger partial charge in [-0.25, -0.2) is 0 Å². The molecule has 2 unspecified atom stereocenters. The van der Waals surface area contributed by atoms with E-state index in [-0.39, 0.29) is 23.7 Å². The molecule has 5 fully saturated rings. The molecule has 1 amide bonds. The van der Waals surface area contributed by atoms with Gasteiger partial charge in [-0.3, -0.25) is 9.69 Å². The van der Waals surface area contributed by atoms with Crippen molar-refractivity contribution in [3.05, 3.63) is 35.9 Å². The quantitative estimate of drug-likeness (QED) is 0.764. The summed E-state index contributed by atoms with van der Waals surface area (Å²) in [5, 5.41) is 3.24. The maximum absolute atomic E-state index is 12.9. The molecule has 160 valence electrons. The molecule has 1 saturated heterocycles. The van der Waals surface area contributed by atoms with E-state index in [0.717, 1.165) is 57.6 Å². The van der Waals surface area contributed by atoms with Gasteiger partial charge in [0.1, 0.15) is 0 Å². The summed E-state index contributed by atoms with van der Waals surface area (Å²) in [6.45, 7) is 5.33. The molecule has 4 aliphatic carbocycles. The zero-order valence-corrected chi connectivity index (χ0v) is 18.2. The summed E-state index contributed by atoms with van der Waals surface area (Å²) in [7, 11) is 0. The molecule has 2 atom stereocenters. The summed E-state index contributed by atoms with van der Waals surface area (Å²) in [6, 6.07) is 11.2. The van der Waals surface area contributed by atoms with Crippen LogP contribution < -0.4 is 5.32 Å². The average Bonchev–Trinajstić information content (AvgIpc) is 2.68. The third-order valence-electron chi connectivity index (χ3n) is 7.96. The Labute approximate surface area is 181 Å². The maximum atomic E-state index is 12.9. The van der Waals surface area contributed by atoms with E-state index in [4.69, 9.17) is 4.74 Å². The van der Waals surface area contributed by atoms with Crippen molar-refractivity contribution in [2.24, 2.45) is 17.3 Å². The van der Waals surface area contributed by atoms with Crippen molar-refractivity contribution in [3.63, 3.8) is 0 Å². The number of ether oxygens (including phenoxy) is 1. The smallest absolute Gasteiger partial charge is 0.220 e.